The first-order valence-corrected chi connectivity index (χ1v) is 21.8. The van der Waals surface area contributed by atoms with E-state index in [1.807, 2.05) is 5.20 Å². The molecule has 0 saturated carbocycles. The second-order valence-electron chi connectivity index (χ2n) is 12.2. The van der Waals surface area contributed by atoms with Gasteiger partial charge in [-0.15, -0.1) is 0 Å². The molecule has 0 nitrogen and oxygen atoms in total. The molecule has 1 heterocycles. The van der Waals surface area contributed by atoms with Gasteiger partial charge in [0.25, 0.3) is 0 Å². The molecule has 5 rings (SSSR count). The van der Waals surface area contributed by atoms with Gasteiger partial charge in [-0.25, -0.2) is 0 Å². The minimum absolute atomic E-state index is 0.666. The van der Waals surface area contributed by atoms with Crippen molar-refractivity contribution in [1.29, 1.82) is 0 Å². The van der Waals surface area contributed by atoms with Crippen LogP contribution in [-0.2, 0) is 0 Å². The van der Waals surface area contributed by atoms with Gasteiger partial charge >= 0.3 is 0 Å². The maximum absolute atomic E-state index is 2.68. The fraction of sp³-hybridized carbons (Fsp3) is 0.429. The molecule has 0 aromatic heterocycles. The lowest BCUT2D eigenvalue weighted by atomic mass is 10.1. The highest BCUT2D eigenvalue weighted by molar-refractivity contribution is 6.90. The molecule has 2 aliphatic carbocycles. The summed E-state index contributed by atoms with van der Waals surface area (Å²) >= 11 is 0. The van der Waals surface area contributed by atoms with Gasteiger partial charge in [0.05, 0.1) is 24.2 Å². The Morgan fingerprint density at radius 3 is 1.68 bits per heavy atom. The Hall–Kier alpha value is -1.43. The van der Waals surface area contributed by atoms with Crippen molar-refractivity contribution < 1.29 is 0 Å². The third-order valence-corrected chi connectivity index (χ3v) is 18.2. The minimum atomic E-state index is -1.60. The van der Waals surface area contributed by atoms with Crippen molar-refractivity contribution in [3.63, 3.8) is 0 Å². The van der Waals surface area contributed by atoms with Gasteiger partial charge in [-0.05, 0) is 28.7 Å². The van der Waals surface area contributed by atoms with Crippen LogP contribution in [0.15, 0.2) is 59.8 Å². The van der Waals surface area contributed by atoms with Crippen LogP contribution in [0.3, 0.4) is 0 Å². The van der Waals surface area contributed by atoms with Crippen molar-refractivity contribution in [2.24, 2.45) is 0 Å². The molecule has 31 heavy (non-hydrogen) atoms. The Labute approximate surface area is 192 Å². The first-order chi connectivity index (χ1) is 14.6. The van der Waals surface area contributed by atoms with Crippen LogP contribution in [0.4, 0.5) is 0 Å². The first kappa shape index (κ1) is 21.4. The summed E-state index contributed by atoms with van der Waals surface area (Å²) in [6.07, 6.45) is 11.4. The van der Waals surface area contributed by atoms with E-state index in [2.05, 4.69) is 93.9 Å². The van der Waals surface area contributed by atoms with Gasteiger partial charge < -0.3 is 0 Å². The van der Waals surface area contributed by atoms with Gasteiger partial charge in [0.2, 0.25) is 0 Å². The van der Waals surface area contributed by atoms with E-state index in [0.717, 1.165) is 0 Å². The molecule has 2 aromatic carbocycles. The van der Waals surface area contributed by atoms with Gasteiger partial charge in [-0.2, -0.15) is 0 Å². The van der Waals surface area contributed by atoms with Crippen LogP contribution in [0.1, 0.15) is 35.9 Å². The SMILES string of the molecule is C[Si](C)(C)c1ccc2c(c1)C([Si]1(C3=CC=CC3)CCCC1)c1cc([Si](C)(C)C)ccc1-2. The molecule has 0 amide bonds. The molecule has 2 aromatic rings. The predicted octanol–water partition coefficient (Wildman–Crippen LogP) is 7.10. The summed E-state index contributed by atoms with van der Waals surface area (Å²) in [5, 5.41) is 5.11. The molecule has 0 atom stereocenters. The smallest absolute Gasteiger partial charge is 0.0809 e. The van der Waals surface area contributed by atoms with Crippen LogP contribution in [0.2, 0.25) is 51.4 Å². The molecule has 0 N–H and O–H groups in total. The van der Waals surface area contributed by atoms with E-state index in [1.165, 1.54) is 31.4 Å². The number of allylic oxidation sites excluding steroid dienone is 4. The van der Waals surface area contributed by atoms with Gasteiger partial charge in [-0.1, -0.05) is 134 Å². The summed E-state index contributed by atoms with van der Waals surface area (Å²) in [5.74, 6) is 0. The molecule has 1 saturated heterocycles. The van der Waals surface area contributed by atoms with Crippen LogP contribution in [0.25, 0.3) is 11.1 Å². The summed E-state index contributed by atoms with van der Waals surface area (Å²) in [6.45, 7) is 15.0. The summed E-state index contributed by atoms with van der Waals surface area (Å²) in [5.41, 5.74) is 7.16. The van der Waals surface area contributed by atoms with E-state index in [4.69, 9.17) is 0 Å². The van der Waals surface area contributed by atoms with E-state index in [1.54, 1.807) is 32.6 Å². The van der Waals surface area contributed by atoms with Crippen LogP contribution in [-0.4, -0.2) is 24.2 Å². The standard InChI is InChI=1S/C28H38Si3/c1-29(2,3)22-13-15-24-25-16-14-23(30(4,5)6)20-27(25)28(26(24)19-22)31(17-9-10-18-31)21-11-7-8-12-21/h7-8,11,13-16,19-20,28H,9-10,12,17-18H2,1-6H3. The maximum Gasteiger partial charge on any atom is 0.0940 e. The fourth-order valence-corrected chi connectivity index (χ4v) is 15.0. The van der Waals surface area contributed by atoms with Crippen LogP contribution >= 0.6 is 0 Å². The van der Waals surface area contributed by atoms with E-state index < -0.39 is 24.2 Å². The monoisotopic (exact) mass is 458 g/mol. The highest BCUT2D eigenvalue weighted by Gasteiger charge is 2.51. The van der Waals surface area contributed by atoms with Crippen LogP contribution < -0.4 is 10.4 Å². The van der Waals surface area contributed by atoms with Crippen LogP contribution in [0.5, 0.6) is 0 Å². The molecular formula is C28H38Si3. The number of rotatable bonds is 4. The molecule has 0 bridgehead atoms. The lowest BCUT2D eigenvalue weighted by molar-refractivity contribution is 0.935. The van der Waals surface area contributed by atoms with Gasteiger partial charge in [0, 0.05) is 5.54 Å². The summed E-state index contributed by atoms with van der Waals surface area (Å²) in [7, 11) is -4.30. The topological polar surface area (TPSA) is 0 Å². The maximum atomic E-state index is 2.68. The molecule has 1 fully saturated rings. The van der Waals surface area contributed by atoms with Crippen molar-refractivity contribution in [2.45, 2.75) is 76.2 Å². The largest absolute Gasteiger partial charge is 0.0940 e. The lowest BCUT2D eigenvalue weighted by Gasteiger charge is -2.37. The van der Waals surface area contributed by atoms with Crippen molar-refractivity contribution >= 4 is 34.6 Å². The van der Waals surface area contributed by atoms with Crippen molar-refractivity contribution in [1.82, 2.24) is 0 Å². The molecular weight excluding hydrogens is 421 g/mol. The van der Waals surface area contributed by atoms with Crippen molar-refractivity contribution in [3.8, 4) is 11.1 Å². The van der Waals surface area contributed by atoms with Gasteiger partial charge in [-0.3, -0.25) is 0 Å². The minimum Gasteiger partial charge on any atom is -0.0809 e. The third kappa shape index (κ3) is 3.44. The number of hydrogen-bond donors (Lipinski definition) is 0. The molecule has 162 valence electrons. The summed E-state index contributed by atoms with van der Waals surface area (Å²) in [4.78, 5) is 0. The highest BCUT2D eigenvalue weighted by Crippen LogP contribution is 2.56. The van der Waals surface area contributed by atoms with Gasteiger partial charge in [0.1, 0.15) is 0 Å². The zero-order valence-electron chi connectivity index (χ0n) is 20.3. The Balaban J connectivity index is 1.77. The number of fused-ring (bicyclic) bond motifs is 3. The zero-order valence-corrected chi connectivity index (χ0v) is 23.3. The lowest BCUT2D eigenvalue weighted by Crippen LogP contribution is -2.43. The highest BCUT2D eigenvalue weighted by atomic mass is 28.3. The average Bonchev–Trinajstić information content (AvgIpc) is 3.44. The predicted molar refractivity (Wildman–Crippen MR) is 146 cm³/mol. The molecule has 0 spiro atoms. The average molecular weight is 459 g/mol. The van der Waals surface area contributed by atoms with E-state index in [0.29, 0.717) is 5.54 Å². The molecule has 0 unspecified atom stereocenters. The fourth-order valence-electron chi connectivity index (χ4n) is 6.41. The molecule has 1 aliphatic heterocycles. The van der Waals surface area contributed by atoms with Crippen LogP contribution in [0, 0.1) is 0 Å². The van der Waals surface area contributed by atoms with E-state index >= 15 is 0 Å². The molecule has 3 aliphatic rings. The second-order valence-corrected chi connectivity index (χ2v) is 26.9. The summed E-state index contributed by atoms with van der Waals surface area (Å²) < 4.78 is 0. The number of hydrogen-bond acceptors (Lipinski definition) is 0. The molecule has 0 radical (unpaired) electrons. The Kier molecular flexibility index (Phi) is 5.04. The zero-order chi connectivity index (χ0) is 22.0. The quantitative estimate of drug-likeness (QED) is 0.429. The number of benzene rings is 2. The Bertz CT molecular complexity index is 1020. The Morgan fingerprint density at radius 2 is 1.26 bits per heavy atom. The van der Waals surface area contributed by atoms with Gasteiger partial charge in [0.15, 0.2) is 0 Å². The van der Waals surface area contributed by atoms with E-state index in [9.17, 15) is 0 Å². The van der Waals surface area contributed by atoms with Crippen molar-refractivity contribution in [2.75, 3.05) is 0 Å². The van der Waals surface area contributed by atoms with Crippen molar-refractivity contribution in [3.05, 3.63) is 70.9 Å². The second kappa shape index (κ2) is 7.29. The summed E-state index contributed by atoms with van der Waals surface area (Å²) in [6, 6.07) is 18.2. The molecule has 3 heteroatoms. The normalized spacial score (nSPS) is 20.1. The Morgan fingerprint density at radius 1 is 0.742 bits per heavy atom. The van der Waals surface area contributed by atoms with E-state index in [-0.39, 0.29) is 0 Å². The third-order valence-electron chi connectivity index (χ3n) is 8.21. The first-order valence-electron chi connectivity index (χ1n) is 12.3.